The van der Waals surface area contributed by atoms with Gasteiger partial charge in [0.05, 0.1) is 18.4 Å². The number of nitrogens with zero attached hydrogens (tertiary/aromatic N) is 7. The maximum Gasteiger partial charge on any atom is 0.281 e. The lowest BCUT2D eigenvalue weighted by atomic mass is 10.3. The minimum absolute atomic E-state index is 0.162. The maximum absolute atomic E-state index is 12.4. The molecule has 0 radical (unpaired) electrons. The van der Waals surface area contributed by atoms with E-state index >= 15 is 0 Å². The zero-order chi connectivity index (χ0) is 17.2. The summed E-state index contributed by atoms with van der Waals surface area (Å²) in [5.41, 5.74) is 0.739. The van der Waals surface area contributed by atoms with Crippen molar-refractivity contribution in [3.8, 4) is 11.6 Å². The Morgan fingerprint density at radius 3 is 2.64 bits per heavy atom. The summed E-state index contributed by atoms with van der Waals surface area (Å²) >= 11 is 0. The molecule has 0 amide bonds. The van der Waals surface area contributed by atoms with Crippen LogP contribution in [0.3, 0.4) is 0 Å². The van der Waals surface area contributed by atoms with E-state index in [0.717, 1.165) is 0 Å². The first-order valence-electron chi connectivity index (χ1n) is 7.52. The van der Waals surface area contributed by atoms with Gasteiger partial charge in [-0.05, 0) is 18.2 Å². The molecule has 0 fully saturated rings. The van der Waals surface area contributed by atoms with Gasteiger partial charge in [-0.2, -0.15) is 5.10 Å². The van der Waals surface area contributed by atoms with Gasteiger partial charge < -0.3 is 4.74 Å². The SMILES string of the molecule is Cn1ncc2c(=O)n(Cc3ccc(Oc4ccccc4)nn3)nnc21. The van der Waals surface area contributed by atoms with Crippen molar-refractivity contribution in [2.24, 2.45) is 7.05 Å². The van der Waals surface area contributed by atoms with Crippen LogP contribution in [0.25, 0.3) is 11.0 Å². The van der Waals surface area contributed by atoms with Crippen LogP contribution in [-0.4, -0.2) is 35.0 Å². The first kappa shape index (κ1) is 14.9. The number of hydrogen-bond donors (Lipinski definition) is 0. The lowest BCUT2D eigenvalue weighted by Crippen LogP contribution is -2.25. The second-order valence-electron chi connectivity index (χ2n) is 5.34. The molecule has 4 aromatic rings. The van der Waals surface area contributed by atoms with Gasteiger partial charge in [-0.3, -0.25) is 4.79 Å². The first-order chi connectivity index (χ1) is 12.2. The smallest absolute Gasteiger partial charge is 0.281 e. The highest BCUT2D eigenvalue weighted by atomic mass is 16.5. The Kier molecular flexibility index (Phi) is 3.65. The Labute approximate surface area is 141 Å². The van der Waals surface area contributed by atoms with E-state index in [9.17, 15) is 4.79 Å². The van der Waals surface area contributed by atoms with Crippen molar-refractivity contribution in [2.75, 3.05) is 0 Å². The van der Waals surface area contributed by atoms with Gasteiger partial charge in [-0.25, -0.2) is 9.36 Å². The number of aromatic nitrogens is 7. The summed E-state index contributed by atoms with van der Waals surface area (Å²) in [6, 6.07) is 12.7. The third-order valence-electron chi connectivity index (χ3n) is 3.59. The van der Waals surface area contributed by atoms with Crippen molar-refractivity contribution >= 4 is 11.0 Å². The monoisotopic (exact) mass is 335 g/mol. The first-order valence-corrected chi connectivity index (χ1v) is 7.52. The van der Waals surface area contributed by atoms with Crippen LogP contribution < -0.4 is 10.3 Å². The summed E-state index contributed by atoms with van der Waals surface area (Å²) < 4.78 is 8.32. The van der Waals surface area contributed by atoms with E-state index in [4.69, 9.17) is 4.74 Å². The van der Waals surface area contributed by atoms with Crippen molar-refractivity contribution in [3.63, 3.8) is 0 Å². The number of fused-ring (bicyclic) bond motifs is 1. The quantitative estimate of drug-likeness (QED) is 0.551. The van der Waals surface area contributed by atoms with E-state index in [1.54, 1.807) is 19.2 Å². The van der Waals surface area contributed by atoms with Crippen LogP contribution in [0.15, 0.2) is 53.5 Å². The Morgan fingerprint density at radius 1 is 1.04 bits per heavy atom. The summed E-state index contributed by atoms with van der Waals surface area (Å²) in [6.45, 7) is 0.162. The van der Waals surface area contributed by atoms with Gasteiger partial charge in [0.2, 0.25) is 5.88 Å². The topological polar surface area (TPSA) is 101 Å². The number of rotatable bonds is 4. The van der Waals surface area contributed by atoms with Crippen LogP contribution in [0.4, 0.5) is 0 Å². The second-order valence-corrected chi connectivity index (χ2v) is 5.34. The Morgan fingerprint density at radius 2 is 1.88 bits per heavy atom. The van der Waals surface area contributed by atoms with E-state index in [0.29, 0.717) is 28.4 Å². The Balaban J connectivity index is 1.55. The van der Waals surface area contributed by atoms with E-state index in [1.807, 2.05) is 30.3 Å². The summed E-state index contributed by atoms with van der Waals surface area (Å²) in [6.07, 6.45) is 1.48. The fraction of sp³-hybridized carbons (Fsp3) is 0.125. The highest BCUT2D eigenvalue weighted by Crippen LogP contribution is 2.17. The molecule has 0 unspecified atom stereocenters. The molecule has 25 heavy (non-hydrogen) atoms. The van der Waals surface area contributed by atoms with Crippen LogP contribution in [0, 0.1) is 0 Å². The van der Waals surface area contributed by atoms with Gasteiger partial charge in [0.15, 0.2) is 5.65 Å². The van der Waals surface area contributed by atoms with Crippen molar-refractivity contribution in [3.05, 3.63) is 64.7 Å². The van der Waals surface area contributed by atoms with E-state index in [2.05, 4.69) is 25.6 Å². The molecule has 0 bridgehead atoms. The molecule has 9 nitrogen and oxygen atoms in total. The van der Waals surface area contributed by atoms with Gasteiger partial charge in [0, 0.05) is 13.1 Å². The highest BCUT2D eigenvalue weighted by molar-refractivity contribution is 5.72. The molecule has 4 rings (SSSR count). The predicted molar refractivity (Wildman–Crippen MR) is 88.2 cm³/mol. The maximum atomic E-state index is 12.4. The zero-order valence-corrected chi connectivity index (χ0v) is 13.3. The predicted octanol–water partition coefficient (Wildman–Crippen LogP) is 1.16. The standard InChI is InChI=1S/C16H13N7O2/c1-22-15-13(9-17-22)16(24)23(21-20-15)10-11-7-8-14(19-18-11)25-12-5-3-2-4-6-12/h2-9H,10H2,1H3. The van der Waals surface area contributed by atoms with Crippen LogP contribution in [0.1, 0.15) is 5.69 Å². The Hall–Kier alpha value is -3.62. The van der Waals surface area contributed by atoms with Crippen LogP contribution in [0.2, 0.25) is 0 Å². The van der Waals surface area contributed by atoms with E-state index in [1.165, 1.54) is 15.6 Å². The fourth-order valence-corrected chi connectivity index (χ4v) is 2.33. The third kappa shape index (κ3) is 2.94. The molecule has 3 heterocycles. The fourth-order valence-electron chi connectivity index (χ4n) is 2.33. The average Bonchev–Trinajstić information content (AvgIpc) is 3.02. The number of aryl methyl sites for hydroxylation is 1. The molecule has 0 spiro atoms. The van der Waals surface area contributed by atoms with Gasteiger partial charge >= 0.3 is 0 Å². The van der Waals surface area contributed by atoms with Gasteiger partial charge in [-0.15, -0.1) is 15.3 Å². The third-order valence-corrected chi connectivity index (χ3v) is 3.59. The normalized spacial score (nSPS) is 10.9. The Bertz CT molecular complexity index is 1070. The second kappa shape index (κ2) is 6.11. The van der Waals surface area contributed by atoms with Crippen molar-refractivity contribution in [1.82, 2.24) is 35.0 Å². The number of benzene rings is 1. The van der Waals surface area contributed by atoms with Gasteiger partial charge in [-0.1, -0.05) is 23.4 Å². The molecule has 9 heteroatoms. The van der Waals surface area contributed by atoms with Crippen LogP contribution >= 0.6 is 0 Å². The lowest BCUT2D eigenvalue weighted by molar-refractivity contribution is 0.452. The molecule has 0 aliphatic rings. The summed E-state index contributed by atoms with van der Waals surface area (Å²) in [4.78, 5) is 12.4. The van der Waals surface area contributed by atoms with E-state index < -0.39 is 0 Å². The van der Waals surface area contributed by atoms with Gasteiger partial charge in [0.1, 0.15) is 11.1 Å². The number of hydrogen-bond acceptors (Lipinski definition) is 7. The highest BCUT2D eigenvalue weighted by Gasteiger charge is 2.10. The molecule has 0 aliphatic heterocycles. The molecule has 0 atom stereocenters. The minimum atomic E-state index is -0.274. The van der Waals surface area contributed by atoms with E-state index in [-0.39, 0.29) is 12.1 Å². The molecular weight excluding hydrogens is 322 g/mol. The number of ether oxygens (including phenoxy) is 1. The zero-order valence-electron chi connectivity index (χ0n) is 13.3. The van der Waals surface area contributed by atoms with Crippen molar-refractivity contribution < 1.29 is 4.74 Å². The molecule has 0 saturated carbocycles. The molecule has 0 N–H and O–H groups in total. The molecule has 1 aromatic carbocycles. The molecular formula is C16H13N7O2. The van der Waals surface area contributed by atoms with Crippen LogP contribution in [0.5, 0.6) is 11.6 Å². The summed E-state index contributed by atoms with van der Waals surface area (Å²) in [7, 11) is 1.71. The van der Waals surface area contributed by atoms with Crippen molar-refractivity contribution in [2.45, 2.75) is 6.54 Å². The minimum Gasteiger partial charge on any atom is -0.438 e. The van der Waals surface area contributed by atoms with Crippen molar-refractivity contribution in [1.29, 1.82) is 0 Å². The average molecular weight is 335 g/mol. The lowest BCUT2D eigenvalue weighted by Gasteiger charge is -2.05. The summed E-state index contributed by atoms with van der Waals surface area (Å²) in [5.74, 6) is 1.05. The van der Waals surface area contributed by atoms with Gasteiger partial charge in [0.25, 0.3) is 5.56 Å². The molecule has 3 aromatic heterocycles. The largest absolute Gasteiger partial charge is 0.438 e. The molecule has 124 valence electrons. The molecule has 0 saturated heterocycles. The van der Waals surface area contributed by atoms with Crippen LogP contribution in [-0.2, 0) is 13.6 Å². The summed E-state index contributed by atoms with van der Waals surface area (Å²) in [5, 5.41) is 20.4. The number of para-hydroxylation sites is 1. The molecule has 0 aliphatic carbocycles.